The Morgan fingerprint density at radius 2 is 1.80 bits per heavy atom. The fourth-order valence-corrected chi connectivity index (χ4v) is 4.66. The van der Waals surface area contributed by atoms with Gasteiger partial charge in [0.25, 0.3) is 0 Å². The Morgan fingerprint density at radius 1 is 1.10 bits per heavy atom. The molecular formula is C24H41N5O. The number of rotatable bonds is 8. The second-order valence-electron chi connectivity index (χ2n) is 8.77. The minimum absolute atomic E-state index is 0.252. The summed E-state index contributed by atoms with van der Waals surface area (Å²) >= 11 is 0. The highest BCUT2D eigenvalue weighted by molar-refractivity contribution is 5.80. The molecule has 6 heteroatoms. The van der Waals surface area contributed by atoms with Crippen molar-refractivity contribution in [2.45, 2.75) is 64.6 Å². The van der Waals surface area contributed by atoms with Gasteiger partial charge in [-0.3, -0.25) is 9.89 Å². The lowest BCUT2D eigenvalue weighted by Gasteiger charge is -2.35. The number of methoxy groups -OCH3 is 1. The Balaban J connectivity index is 1.70. The van der Waals surface area contributed by atoms with E-state index in [1.165, 1.54) is 31.2 Å². The zero-order valence-electron chi connectivity index (χ0n) is 19.4. The maximum absolute atomic E-state index is 5.68. The monoisotopic (exact) mass is 415 g/mol. The van der Waals surface area contributed by atoms with E-state index in [2.05, 4.69) is 59.4 Å². The second kappa shape index (κ2) is 11.6. The number of ether oxygens (including phenoxy) is 1. The second-order valence-corrected chi connectivity index (χ2v) is 8.77. The minimum atomic E-state index is 0.252. The number of para-hydroxylation sites is 1. The number of piperidine rings is 1. The van der Waals surface area contributed by atoms with Crippen molar-refractivity contribution in [3.8, 4) is 5.75 Å². The van der Waals surface area contributed by atoms with Gasteiger partial charge in [0.2, 0.25) is 0 Å². The van der Waals surface area contributed by atoms with E-state index in [0.29, 0.717) is 12.1 Å². The quantitative estimate of drug-likeness (QED) is 0.504. The first kappa shape index (κ1) is 22.9. The molecule has 0 saturated carbocycles. The van der Waals surface area contributed by atoms with Crippen molar-refractivity contribution in [1.29, 1.82) is 0 Å². The lowest BCUT2D eigenvalue weighted by Crippen LogP contribution is -2.50. The lowest BCUT2D eigenvalue weighted by atomic mass is 10.0. The molecule has 2 aliphatic rings. The molecule has 0 aromatic heterocycles. The molecule has 1 aromatic carbocycles. The highest BCUT2D eigenvalue weighted by Crippen LogP contribution is 2.31. The normalized spacial score (nSPS) is 20.5. The van der Waals surface area contributed by atoms with E-state index in [-0.39, 0.29) is 6.04 Å². The molecule has 2 saturated heterocycles. The van der Waals surface area contributed by atoms with E-state index in [4.69, 9.17) is 9.73 Å². The summed E-state index contributed by atoms with van der Waals surface area (Å²) in [5, 5.41) is 7.17. The first-order chi connectivity index (χ1) is 14.6. The van der Waals surface area contributed by atoms with Gasteiger partial charge in [-0.15, -0.1) is 0 Å². The van der Waals surface area contributed by atoms with Crippen LogP contribution in [0, 0.1) is 0 Å². The Kier molecular flexibility index (Phi) is 8.82. The summed E-state index contributed by atoms with van der Waals surface area (Å²) < 4.78 is 5.68. The summed E-state index contributed by atoms with van der Waals surface area (Å²) in [5.74, 6) is 1.91. The average molecular weight is 416 g/mol. The van der Waals surface area contributed by atoms with Crippen molar-refractivity contribution in [3.05, 3.63) is 29.8 Å². The van der Waals surface area contributed by atoms with Crippen molar-refractivity contribution in [2.75, 3.05) is 46.4 Å². The summed E-state index contributed by atoms with van der Waals surface area (Å²) in [4.78, 5) is 10.2. The molecule has 2 aliphatic heterocycles. The Morgan fingerprint density at radius 3 is 2.43 bits per heavy atom. The largest absolute Gasteiger partial charge is 0.496 e. The minimum Gasteiger partial charge on any atom is -0.496 e. The van der Waals surface area contributed by atoms with Crippen LogP contribution < -0.4 is 15.4 Å². The van der Waals surface area contributed by atoms with Crippen molar-refractivity contribution in [1.82, 2.24) is 20.4 Å². The Bertz CT molecular complexity index is 663. The van der Waals surface area contributed by atoms with Crippen molar-refractivity contribution in [3.63, 3.8) is 0 Å². The number of hydrogen-bond acceptors (Lipinski definition) is 4. The van der Waals surface area contributed by atoms with Crippen LogP contribution in [0.1, 0.15) is 58.1 Å². The van der Waals surface area contributed by atoms with Gasteiger partial charge in [-0.25, -0.2) is 0 Å². The topological polar surface area (TPSA) is 52.1 Å². The van der Waals surface area contributed by atoms with E-state index in [9.17, 15) is 0 Å². The van der Waals surface area contributed by atoms with Crippen LogP contribution in [0.25, 0.3) is 0 Å². The predicted molar refractivity (Wildman–Crippen MR) is 125 cm³/mol. The van der Waals surface area contributed by atoms with Crippen LogP contribution in [0.3, 0.4) is 0 Å². The molecule has 3 rings (SSSR count). The number of hydrogen-bond donors (Lipinski definition) is 2. The standard InChI is InChI=1S/C24H41N5O/c1-5-25-24(27-20-12-16-28(17-13-20)19(2)3)26-18-22(29-14-8-9-15-29)21-10-6-7-11-23(21)30-4/h6-7,10-11,19-20,22H,5,8-9,12-18H2,1-4H3,(H2,25,26,27). The van der Waals surface area contributed by atoms with Crippen LogP contribution in [0.15, 0.2) is 29.3 Å². The van der Waals surface area contributed by atoms with E-state index < -0.39 is 0 Å². The van der Waals surface area contributed by atoms with E-state index in [1.807, 2.05) is 6.07 Å². The molecule has 6 nitrogen and oxygen atoms in total. The van der Waals surface area contributed by atoms with Crippen molar-refractivity contribution < 1.29 is 4.74 Å². The molecule has 0 bridgehead atoms. The third-order valence-electron chi connectivity index (χ3n) is 6.45. The predicted octanol–water partition coefficient (Wildman–Crippen LogP) is 3.26. The third kappa shape index (κ3) is 6.11. The molecule has 1 aromatic rings. The molecule has 168 valence electrons. The number of likely N-dealkylation sites (tertiary alicyclic amines) is 2. The average Bonchev–Trinajstić information content (AvgIpc) is 3.29. The SMILES string of the molecule is CCNC(=NCC(c1ccccc1OC)N1CCCC1)NC1CCN(C(C)C)CC1. The van der Waals surface area contributed by atoms with Crippen molar-refractivity contribution in [2.24, 2.45) is 4.99 Å². The van der Waals surface area contributed by atoms with Gasteiger partial charge >= 0.3 is 0 Å². The molecular weight excluding hydrogens is 374 g/mol. The van der Waals surface area contributed by atoms with E-state index >= 15 is 0 Å². The first-order valence-electron chi connectivity index (χ1n) is 11.8. The molecule has 1 atom stereocenters. The lowest BCUT2D eigenvalue weighted by molar-refractivity contribution is 0.167. The number of aliphatic imine (C=N–C) groups is 1. The van der Waals surface area contributed by atoms with Gasteiger partial charge in [0, 0.05) is 37.3 Å². The molecule has 0 amide bonds. The van der Waals surface area contributed by atoms with E-state index in [1.54, 1.807) is 7.11 Å². The molecule has 0 spiro atoms. The smallest absolute Gasteiger partial charge is 0.191 e. The zero-order valence-corrected chi connectivity index (χ0v) is 19.4. The summed E-state index contributed by atoms with van der Waals surface area (Å²) in [6.45, 7) is 12.9. The van der Waals surface area contributed by atoms with Crippen molar-refractivity contribution >= 4 is 5.96 Å². The summed E-state index contributed by atoms with van der Waals surface area (Å²) in [7, 11) is 1.76. The number of nitrogens with one attached hydrogen (secondary N) is 2. The highest BCUT2D eigenvalue weighted by Gasteiger charge is 2.26. The first-order valence-corrected chi connectivity index (χ1v) is 11.8. The fourth-order valence-electron chi connectivity index (χ4n) is 4.66. The van der Waals surface area contributed by atoms with Gasteiger partial charge in [-0.2, -0.15) is 0 Å². The van der Waals surface area contributed by atoms with Crippen LogP contribution in [0.2, 0.25) is 0 Å². The number of guanidine groups is 1. The molecule has 2 heterocycles. The van der Waals surface area contributed by atoms with Gasteiger partial charge < -0.3 is 20.3 Å². The molecule has 30 heavy (non-hydrogen) atoms. The summed E-state index contributed by atoms with van der Waals surface area (Å²) in [6, 6.07) is 9.79. The zero-order chi connectivity index (χ0) is 21.3. The van der Waals surface area contributed by atoms with Crippen LogP contribution in [0.5, 0.6) is 5.75 Å². The maximum Gasteiger partial charge on any atom is 0.191 e. The van der Waals surface area contributed by atoms with Gasteiger partial charge in [-0.1, -0.05) is 18.2 Å². The highest BCUT2D eigenvalue weighted by atomic mass is 16.5. The number of nitrogens with zero attached hydrogens (tertiary/aromatic N) is 3. The van der Waals surface area contributed by atoms with Gasteiger partial charge in [0.05, 0.1) is 19.7 Å². The number of benzene rings is 1. The Hall–Kier alpha value is -1.79. The third-order valence-corrected chi connectivity index (χ3v) is 6.45. The molecule has 1 unspecified atom stereocenters. The molecule has 0 aliphatic carbocycles. The van der Waals surface area contributed by atoms with Crippen LogP contribution in [-0.2, 0) is 0 Å². The van der Waals surface area contributed by atoms with Gasteiger partial charge in [0.1, 0.15) is 5.75 Å². The van der Waals surface area contributed by atoms with Crippen LogP contribution >= 0.6 is 0 Å². The Labute approximate surface area is 183 Å². The summed E-state index contributed by atoms with van der Waals surface area (Å²) in [5.41, 5.74) is 1.24. The van der Waals surface area contributed by atoms with E-state index in [0.717, 1.165) is 51.0 Å². The summed E-state index contributed by atoms with van der Waals surface area (Å²) in [6.07, 6.45) is 4.87. The molecule has 0 radical (unpaired) electrons. The fraction of sp³-hybridized carbons (Fsp3) is 0.708. The molecule has 2 N–H and O–H groups in total. The van der Waals surface area contributed by atoms with Gasteiger partial charge in [-0.05, 0) is 65.6 Å². The molecule has 2 fully saturated rings. The maximum atomic E-state index is 5.68. The van der Waals surface area contributed by atoms with Gasteiger partial charge in [0.15, 0.2) is 5.96 Å². The van der Waals surface area contributed by atoms with Crippen LogP contribution in [-0.4, -0.2) is 74.2 Å². The van der Waals surface area contributed by atoms with Crippen LogP contribution in [0.4, 0.5) is 0 Å².